The van der Waals surface area contributed by atoms with Crippen LogP contribution in [0.4, 0.5) is 4.39 Å². The summed E-state index contributed by atoms with van der Waals surface area (Å²) in [6.45, 7) is 4.38. The third kappa shape index (κ3) is 5.15. The van der Waals surface area contributed by atoms with Crippen LogP contribution in [0, 0.1) is 5.82 Å². The Hall–Kier alpha value is -3.03. The topological polar surface area (TPSA) is 59.4 Å². The molecule has 0 unspecified atom stereocenters. The SMILES string of the molecule is O=C(NC1CCN(Cc2ccccc2)CC1)c1nn(Cc2ccc(F)cc2)c2c1COCC2. The number of hydrogen-bond acceptors (Lipinski definition) is 4. The van der Waals surface area contributed by atoms with Gasteiger partial charge in [-0.1, -0.05) is 42.5 Å². The lowest BCUT2D eigenvalue weighted by molar-refractivity contribution is 0.0884. The van der Waals surface area contributed by atoms with Crippen LogP contribution in [0.3, 0.4) is 0 Å². The minimum atomic E-state index is -0.260. The number of aromatic nitrogens is 2. The molecule has 3 heterocycles. The third-order valence-corrected chi connectivity index (χ3v) is 6.53. The molecular formula is C26H29FN4O2. The zero-order chi connectivity index (χ0) is 22.6. The van der Waals surface area contributed by atoms with Crippen molar-refractivity contribution in [2.24, 2.45) is 0 Å². The maximum atomic E-state index is 13.3. The summed E-state index contributed by atoms with van der Waals surface area (Å²) in [5.41, 5.74) is 4.64. The van der Waals surface area contributed by atoms with Crippen LogP contribution in [0.15, 0.2) is 54.6 Å². The van der Waals surface area contributed by atoms with Crippen LogP contribution in [0.5, 0.6) is 0 Å². The van der Waals surface area contributed by atoms with Gasteiger partial charge in [0.1, 0.15) is 5.82 Å². The van der Waals surface area contributed by atoms with Crippen LogP contribution in [-0.2, 0) is 30.9 Å². The van der Waals surface area contributed by atoms with Crippen molar-refractivity contribution in [2.45, 2.75) is 45.0 Å². The van der Waals surface area contributed by atoms with Gasteiger partial charge in [0.25, 0.3) is 5.91 Å². The molecule has 1 N–H and O–H groups in total. The van der Waals surface area contributed by atoms with Crippen LogP contribution in [0.25, 0.3) is 0 Å². The zero-order valence-corrected chi connectivity index (χ0v) is 18.7. The van der Waals surface area contributed by atoms with Gasteiger partial charge in [-0.3, -0.25) is 14.4 Å². The highest BCUT2D eigenvalue weighted by Gasteiger charge is 2.28. The first-order valence-electron chi connectivity index (χ1n) is 11.6. The number of likely N-dealkylation sites (tertiary alicyclic amines) is 1. The summed E-state index contributed by atoms with van der Waals surface area (Å²) in [7, 11) is 0. The number of hydrogen-bond donors (Lipinski definition) is 1. The quantitative estimate of drug-likeness (QED) is 0.627. The lowest BCUT2D eigenvalue weighted by Gasteiger charge is -2.32. The number of halogens is 1. The first-order chi connectivity index (χ1) is 16.2. The molecule has 33 heavy (non-hydrogen) atoms. The molecule has 172 valence electrons. The fourth-order valence-corrected chi connectivity index (χ4v) is 4.72. The lowest BCUT2D eigenvalue weighted by atomic mass is 10.0. The predicted molar refractivity (Wildman–Crippen MR) is 123 cm³/mol. The van der Waals surface area contributed by atoms with Crippen LogP contribution >= 0.6 is 0 Å². The molecule has 2 aliphatic rings. The molecule has 1 fully saturated rings. The molecule has 0 spiro atoms. The molecule has 2 aliphatic heterocycles. The molecule has 1 aromatic heterocycles. The second kappa shape index (κ2) is 9.85. The van der Waals surface area contributed by atoms with E-state index in [0.29, 0.717) is 31.9 Å². The Morgan fingerprint density at radius 2 is 1.76 bits per heavy atom. The van der Waals surface area contributed by atoms with Crippen LogP contribution in [0.2, 0.25) is 0 Å². The summed E-state index contributed by atoms with van der Waals surface area (Å²) in [5, 5.41) is 7.87. The monoisotopic (exact) mass is 448 g/mol. The normalized spacial score (nSPS) is 17.0. The lowest BCUT2D eigenvalue weighted by Crippen LogP contribution is -2.44. The third-order valence-electron chi connectivity index (χ3n) is 6.53. The Kier molecular flexibility index (Phi) is 6.51. The number of nitrogens with one attached hydrogen (secondary N) is 1. The average Bonchev–Trinajstić information content (AvgIpc) is 3.21. The fourth-order valence-electron chi connectivity index (χ4n) is 4.72. The van der Waals surface area contributed by atoms with E-state index in [9.17, 15) is 9.18 Å². The molecule has 0 aliphatic carbocycles. The molecule has 7 heteroatoms. The first kappa shape index (κ1) is 21.8. The largest absolute Gasteiger partial charge is 0.376 e. The summed E-state index contributed by atoms with van der Waals surface area (Å²) in [5.74, 6) is -0.388. The molecule has 3 aromatic rings. The number of carbonyl (C=O) groups excluding carboxylic acids is 1. The zero-order valence-electron chi connectivity index (χ0n) is 18.7. The summed E-state index contributed by atoms with van der Waals surface area (Å²) >= 11 is 0. The van der Waals surface area contributed by atoms with Gasteiger partial charge in [0.05, 0.1) is 19.8 Å². The molecule has 0 bridgehead atoms. The summed E-state index contributed by atoms with van der Waals surface area (Å²) in [6, 6.07) is 17.0. The first-order valence-corrected chi connectivity index (χ1v) is 11.6. The number of fused-ring (bicyclic) bond motifs is 1. The summed E-state index contributed by atoms with van der Waals surface area (Å²) in [6.07, 6.45) is 2.57. The van der Waals surface area contributed by atoms with Crippen molar-refractivity contribution in [3.63, 3.8) is 0 Å². The fraction of sp³-hybridized carbons (Fsp3) is 0.385. The smallest absolute Gasteiger partial charge is 0.272 e. The van der Waals surface area contributed by atoms with Gasteiger partial charge < -0.3 is 10.1 Å². The van der Waals surface area contributed by atoms with Gasteiger partial charge in [0.2, 0.25) is 0 Å². The van der Waals surface area contributed by atoms with E-state index >= 15 is 0 Å². The Morgan fingerprint density at radius 3 is 2.52 bits per heavy atom. The molecular weight excluding hydrogens is 419 g/mol. The van der Waals surface area contributed by atoms with E-state index in [0.717, 1.165) is 49.3 Å². The maximum Gasteiger partial charge on any atom is 0.272 e. The van der Waals surface area contributed by atoms with E-state index in [1.165, 1.54) is 17.7 Å². The number of amides is 1. The number of rotatable bonds is 6. The van der Waals surface area contributed by atoms with Gasteiger partial charge in [0.15, 0.2) is 5.69 Å². The number of piperidine rings is 1. The number of benzene rings is 2. The predicted octanol–water partition coefficient (Wildman–Crippen LogP) is 3.54. The Bertz CT molecular complexity index is 1090. The van der Waals surface area contributed by atoms with E-state index in [2.05, 4.69) is 39.6 Å². The van der Waals surface area contributed by atoms with Gasteiger partial charge in [-0.2, -0.15) is 5.10 Å². The molecule has 2 aromatic carbocycles. The maximum absolute atomic E-state index is 13.3. The van der Waals surface area contributed by atoms with E-state index in [1.807, 2.05) is 10.7 Å². The van der Waals surface area contributed by atoms with Crippen molar-refractivity contribution in [1.29, 1.82) is 0 Å². The highest BCUT2D eigenvalue weighted by Crippen LogP contribution is 2.23. The highest BCUT2D eigenvalue weighted by atomic mass is 19.1. The number of nitrogens with zero attached hydrogens (tertiary/aromatic N) is 3. The van der Waals surface area contributed by atoms with Crippen LogP contribution in [-0.4, -0.2) is 46.3 Å². The molecule has 0 saturated carbocycles. The molecule has 5 rings (SSSR count). The second-order valence-electron chi connectivity index (χ2n) is 8.87. The van der Waals surface area contributed by atoms with Crippen molar-refractivity contribution in [1.82, 2.24) is 20.0 Å². The second-order valence-corrected chi connectivity index (χ2v) is 8.87. The number of carbonyl (C=O) groups is 1. The standard InChI is InChI=1S/C26H29FN4O2/c27-21-8-6-20(7-9-21)17-31-24-12-15-33-18-23(24)25(29-31)26(32)28-22-10-13-30(14-11-22)16-19-4-2-1-3-5-19/h1-9,22H,10-18H2,(H,28,32). The minimum absolute atomic E-state index is 0.129. The van der Waals surface area contributed by atoms with E-state index in [-0.39, 0.29) is 17.8 Å². The Balaban J connectivity index is 1.23. The van der Waals surface area contributed by atoms with Gasteiger partial charge in [0, 0.05) is 43.4 Å². The molecule has 6 nitrogen and oxygen atoms in total. The van der Waals surface area contributed by atoms with E-state index < -0.39 is 0 Å². The Labute approximate surface area is 193 Å². The van der Waals surface area contributed by atoms with E-state index in [1.54, 1.807) is 12.1 Å². The molecule has 1 amide bonds. The van der Waals surface area contributed by atoms with Crippen molar-refractivity contribution in [3.05, 3.63) is 88.5 Å². The van der Waals surface area contributed by atoms with Gasteiger partial charge in [-0.05, 0) is 36.1 Å². The summed E-state index contributed by atoms with van der Waals surface area (Å²) in [4.78, 5) is 15.6. The van der Waals surface area contributed by atoms with Crippen LogP contribution in [0.1, 0.15) is 45.7 Å². The van der Waals surface area contributed by atoms with Crippen molar-refractivity contribution in [2.75, 3.05) is 19.7 Å². The minimum Gasteiger partial charge on any atom is -0.376 e. The van der Waals surface area contributed by atoms with E-state index in [4.69, 9.17) is 4.74 Å². The number of ether oxygens (including phenoxy) is 1. The Morgan fingerprint density at radius 1 is 1.03 bits per heavy atom. The van der Waals surface area contributed by atoms with Crippen molar-refractivity contribution >= 4 is 5.91 Å². The van der Waals surface area contributed by atoms with Gasteiger partial charge in [-0.15, -0.1) is 0 Å². The molecule has 1 saturated heterocycles. The summed E-state index contributed by atoms with van der Waals surface area (Å²) < 4.78 is 20.8. The van der Waals surface area contributed by atoms with Gasteiger partial charge >= 0.3 is 0 Å². The van der Waals surface area contributed by atoms with Crippen molar-refractivity contribution in [3.8, 4) is 0 Å². The molecule has 0 radical (unpaired) electrons. The van der Waals surface area contributed by atoms with Crippen molar-refractivity contribution < 1.29 is 13.9 Å². The van der Waals surface area contributed by atoms with Crippen LogP contribution < -0.4 is 5.32 Å². The molecule has 0 atom stereocenters. The van der Waals surface area contributed by atoms with Gasteiger partial charge in [-0.25, -0.2) is 4.39 Å². The average molecular weight is 449 g/mol. The highest BCUT2D eigenvalue weighted by molar-refractivity contribution is 5.94.